The molecule has 3 heteroatoms. The Morgan fingerprint density at radius 3 is 2.82 bits per heavy atom. The summed E-state index contributed by atoms with van der Waals surface area (Å²) in [7, 11) is 0. The van der Waals surface area contributed by atoms with E-state index in [0.717, 1.165) is 22.4 Å². The predicted molar refractivity (Wildman–Crippen MR) is 68.7 cm³/mol. The minimum absolute atomic E-state index is 0.523. The third kappa shape index (κ3) is 2.63. The van der Waals surface area contributed by atoms with Crippen molar-refractivity contribution in [2.45, 2.75) is 13.5 Å². The number of aromatic nitrogens is 1. The number of hydrogen-bond donors (Lipinski definition) is 1. The van der Waals surface area contributed by atoms with Crippen molar-refractivity contribution in [1.82, 2.24) is 4.98 Å². The van der Waals surface area contributed by atoms with Crippen LogP contribution < -0.4 is 10.5 Å². The highest BCUT2D eigenvalue weighted by Crippen LogP contribution is 2.25. The Bertz CT molecular complexity index is 497. The van der Waals surface area contributed by atoms with Gasteiger partial charge in [-0.15, -0.1) is 0 Å². The van der Waals surface area contributed by atoms with Gasteiger partial charge in [0.15, 0.2) is 0 Å². The largest absolute Gasteiger partial charge is 0.492 e. The molecule has 0 aliphatic carbocycles. The summed E-state index contributed by atoms with van der Waals surface area (Å²) in [6.45, 7) is 3.12. The molecule has 0 saturated heterocycles. The summed E-state index contributed by atoms with van der Waals surface area (Å²) in [5.74, 6) is 0.789. The van der Waals surface area contributed by atoms with Crippen molar-refractivity contribution in [1.29, 1.82) is 0 Å². The Hall–Kier alpha value is -1.87. The highest BCUT2D eigenvalue weighted by atomic mass is 16.5. The second kappa shape index (κ2) is 5.46. The average Bonchev–Trinajstić information content (AvgIpc) is 2.39. The van der Waals surface area contributed by atoms with Gasteiger partial charge in [-0.05, 0) is 24.1 Å². The summed E-state index contributed by atoms with van der Waals surface area (Å²) in [6, 6.07) is 10.1. The highest BCUT2D eigenvalue weighted by Gasteiger charge is 2.04. The van der Waals surface area contributed by atoms with Gasteiger partial charge in [-0.3, -0.25) is 4.98 Å². The molecule has 0 aliphatic rings. The second-order valence-electron chi connectivity index (χ2n) is 3.70. The highest BCUT2D eigenvalue weighted by molar-refractivity contribution is 5.67. The van der Waals surface area contributed by atoms with Crippen molar-refractivity contribution in [3.05, 3.63) is 48.3 Å². The van der Waals surface area contributed by atoms with Crippen molar-refractivity contribution in [2.75, 3.05) is 6.61 Å². The van der Waals surface area contributed by atoms with Crippen molar-refractivity contribution < 1.29 is 4.74 Å². The first-order valence-electron chi connectivity index (χ1n) is 5.71. The molecule has 0 saturated carbocycles. The Labute approximate surface area is 101 Å². The fourth-order valence-corrected chi connectivity index (χ4v) is 1.79. The van der Waals surface area contributed by atoms with E-state index in [2.05, 4.69) is 11.1 Å². The Morgan fingerprint density at radius 2 is 2.06 bits per heavy atom. The number of nitrogens with two attached hydrogens (primary N) is 1. The molecule has 1 aromatic heterocycles. The van der Waals surface area contributed by atoms with Crippen molar-refractivity contribution >= 4 is 0 Å². The molecule has 3 nitrogen and oxygen atoms in total. The van der Waals surface area contributed by atoms with Gasteiger partial charge >= 0.3 is 0 Å². The van der Waals surface area contributed by atoms with Gasteiger partial charge in [-0.1, -0.05) is 24.3 Å². The Morgan fingerprint density at radius 1 is 1.24 bits per heavy atom. The topological polar surface area (TPSA) is 48.1 Å². The lowest BCUT2D eigenvalue weighted by Gasteiger charge is -2.09. The monoisotopic (exact) mass is 228 g/mol. The minimum Gasteiger partial charge on any atom is -0.492 e. The van der Waals surface area contributed by atoms with Crippen LogP contribution in [0, 0.1) is 0 Å². The quantitative estimate of drug-likeness (QED) is 0.875. The number of hydrogen-bond acceptors (Lipinski definition) is 3. The molecule has 0 aliphatic heterocycles. The maximum Gasteiger partial charge on any atom is 0.138 e. The first-order valence-corrected chi connectivity index (χ1v) is 5.71. The van der Waals surface area contributed by atoms with E-state index in [1.54, 1.807) is 6.20 Å². The van der Waals surface area contributed by atoms with E-state index in [-0.39, 0.29) is 0 Å². The molecule has 0 amide bonds. The van der Waals surface area contributed by atoms with Crippen LogP contribution in [-0.4, -0.2) is 11.6 Å². The molecule has 0 radical (unpaired) electrons. The van der Waals surface area contributed by atoms with Crippen LogP contribution in [0.25, 0.3) is 11.1 Å². The summed E-state index contributed by atoms with van der Waals surface area (Å²) in [4.78, 5) is 4.19. The van der Waals surface area contributed by atoms with Crippen LogP contribution in [0.3, 0.4) is 0 Å². The van der Waals surface area contributed by atoms with Crippen LogP contribution in [0.15, 0.2) is 42.7 Å². The molecule has 0 atom stereocenters. The zero-order valence-electron chi connectivity index (χ0n) is 9.89. The van der Waals surface area contributed by atoms with Gasteiger partial charge in [0.05, 0.1) is 12.8 Å². The molecular weight excluding hydrogens is 212 g/mol. The lowest BCUT2D eigenvalue weighted by atomic mass is 10.0. The lowest BCUT2D eigenvalue weighted by molar-refractivity contribution is 0.339. The fraction of sp³-hybridized carbons (Fsp3) is 0.214. The van der Waals surface area contributed by atoms with Crippen LogP contribution in [0.1, 0.15) is 12.5 Å². The summed E-state index contributed by atoms with van der Waals surface area (Å²) >= 11 is 0. The van der Waals surface area contributed by atoms with E-state index in [0.29, 0.717) is 13.2 Å². The maximum atomic E-state index is 5.73. The molecule has 17 heavy (non-hydrogen) atoms. The van der Waals surface area contributed by atoms with Gasteiger partial charge in [0, 0.05) is 18.3 Å². The first-order chi connectivity index (χ1) is 8.35. The fourth-order valence-electron chi connectivity index (χ4n) is 1.79. The van der Waals surface area contributed by atoms with E-state index in [4.69, 9.17) is 10.5 Å². The molecule has 1 heterocycles. The van der Waals surface area contributed by atoms with E-state index >= 15 is 0 Å². The normalized spacial score (nSPS) is 10.2. The second-order valence-corrected chi connectivity index (χ2v) is 3.70. The van der Waals surface area contributed by atoms with E-state index < -0.39 is 0 Å². The average molecular weight is 228 g/mol. The third-order valence-electron chi connectivity index (χ3n) is 2.57. The first kappa shape index (κ1) is 11.6. The van der Waals surface area contributed by atoms with E-state index in [1.165, 1.54) is 0 Å². The predicted octanol–water partition coefficient (Wildman–Crippen LogP) is 2.61. The molecule has 2 rings (SSSR count). The van der Waals surface area contributed by atoms with Gasteiger partial charge in [0.25, 0.3) is 0 Å². The van der Waals surface area contributed by atoms with Gasteiger partial charge in [-0.2, -0.15) is 0 Å². The van der Waals surface area contributed by atoms with Crippen LogP contribution >= 0.6 is 0 Å². The minimum atomic E-state index is 0.523. The summed E-state index contributed by atoms with van der Waals surface area (Å²) < 4.78 is 5.45. The SMILES string of the molecule is CCOc1cncc(-c2ccccc2CN)c1. The molecule has 0 bridgehead atoms. The van der Waals surface area contributed by atoms with Crippen LogP contribution in [-0.2, 0) is 6.54 Å². The summed E-state index contributed by atoms with van der Waals surface area (Å²) in [5.41, 5.74) is 9.00. The van der Waals surface area contributed by atoms with E-state index in [1.807, 2.05) is 37.4 Å². The molecule has 88 valence electrons. The molecule has 2 aromatic rings. The van der Waals surface area contributed by atoms with Gasteiger partial charge in [0.2, 0.25) is 0 Å². The van der Waals surface area contributed by atoms with Crippen LogP contribution in [0.2, 0.25) is 0 Å². The Balaban J connectivity index is 2.41. The lowest BCUT2D eigenvalue weighted by Crippen LogP contribution is -1.99. The summed E-state index contributed by atoms with van der Waals surface area (Å²) in [6.07, 6.45) is 3.55. The van der Waals surface area contributed by atoms with Crippen LogP contribution in [0.4, 0.5) is 0 Å². The maximum absolute atomic E-state index is 5.73. The molecule has 0 fully saturated rings. The zero-order chi connectivity index (χ0) is 12.1. The standard InChI is InChI=1S/C14H16N2O/c1-2-17-13-7-12(9-16-10-13)14-6-4-3-5-11(14)8-15/h3-7,9-10H,2,8,15H2,1H3. The molecule has 0 unspecified atom stereocenters. The van der Waals surface area contributed by atoms with Gasteiger partial charge in [-0.25, -0.2) is 0 Å². The third-order valence-corrected chi connectivity index (χ3v) is 2.57. The Kier molecular flexibility index (Phi) is 3.73. The van der Waals surface area contributed by atoms with Crippen molar-refractivity contribution in [3.63, 3.8) is 0 Å². The number of rotatable bonds is 4. The number of pyridine rings is 1. The van der Waals surface area contributed by atoms with Crippen LogP contribution in [0.5, 0.6) is 5.75 Å². The van der Waals surface area contributed by atoms with E-state index in [9.17, 15) is 0 Å². The molecule has 2 N–H and O–H groups in total. The zero-order valence-corrected chi connectivity index (χ0v) is 9.89. The molecule has 0 spiro atoms. The van der Waals surface area contributed by atoms with Gasteiger partial charge < -0.3 is 10.5 Å². The molecular formula is C14H16N2O. The van der Waals surface area contributed by atoms with Crippen molar-refractivity contribution in [2.24, 2.45) is 5.73 Å². The number of benzene rings is 1. The number of nitrogens with zero attached hydrogens (tertiary/aromatic N) is 1. The smallest absolute Gasteiger partial charge is 0.138 e. The molecule has 1 aromatic carbocycles. The van der Waals surface area contributed by atoms with Crippen molar-refractivity contribution in [3.8, 4) is 16.9 Å². The summed E-state index contributed by atoms with van der Waals surface area (Å²) in [5, 5.41) is 0. The number of ether oxygens (including phenoxy) is 1. The van der Waals surface area contributed by atoms with Gasteiger partial charge in [0.1, 0.15) is 5.75 Å².